The standard InChI is InChI=1S/C12H17NO5S/c1-3-6-13-19(16)18-11-7-9(2)4-5-10(11)17-8-12(14)15/h4-5,7,13H,3,6,8H2,1-2H3,(H,14,15). The van der Waals surface area contributed by atoms with E-state index in [1.54, 1.807) is 18.2 Å². The maximum atomic E-state index is 11.6. The average Bonchev–Trinajstić information content (AvgIpc) is 2.35. The van der Waals surface area contributed by atoms with Gasteiger partial charge in [-0.1, -0.05) is 13.0 Å². The second-order valence-electron chi connectivity index (χ2n) is 3.84. The molecule has 0 heterocycles. The number of hydrogen-bond donors (Lipinski definition) is 2. The van der Waals surface area contributed by atoms with E-state index in [9.17, 15) is 9.00 Å². The Balaban J connectivity index is 2.75. The number of nitrogens with one attached hydrogen (secondary N) is 1. The van der Waals surface area contributed by atoms with Gasteiger partial charge in [-0.05, 0) is 31.0 Å². The molecule has 1 aromatic carbocycles. The highest BCUT2D eigenvalue weighted by Crippen LogP contribution is 2.28. The van der Waals surface area contributed by atoms with Gasteiger partial charge in [-0.2, -0.15) is 4.21 Å². The van der Waals surface area contributed by atoms with Crippen molar-refractivity contribution in [2.75, 3.05) is 13.2 Å². The highest BCUT2D eigenvalue weighted by atomic mass is 32.2. The fraction of sp³-hybridized carbons (Fsp3) is 0.417. The van der Waals surface area contributed by atoms with Crippen molar-refractivity contribution in [3.05, 3.63) is 23.8 Å². The van der Waals surface area contributed by atoms with Gasteiger partial charge in [0.15, 0.2) is 18.1 Å². The molecule has 106 valence electrons. The lowest BCUT2D eigenvalue weighted by Crippen LogP contribution is -2.22. The molecular weight excluding hydrogens is 270 g/mol. The molecule has 0 saturated heterocycles. The number of rotatable bonds is 8. The van der Waals surface area contributed by atoms with Gasteiger partial charge < -0.3 is 14.0 Å². The highest BCUT2D eigenvalue weighted by Gasteiger charge is 2.11. The van der Waals surface area contributed by atoms with Crippen molar-refractivity contribution in [2.45, 2.75) is 20.3 Å². The molecule has 1 aromatic rings. The maximum Gasteiger partial charge on any atom is 0.341 e. The molecule has 6 nitrogen and oxygen atoms in total. The Bertz CT molecular complexity index is 463. The summed E-state index contributed by atoms with van der Waals surface area (Å²) in [7, 11) is 0. The largest absolute Gasteiger partial charge is 0.479 e. The number of hydrogen-bond acceptors (Lipinski definition) is 4. The third-order valence-electron chi connectivity index (χ3n) is 2.09. The molecule has 0 amide bonds. The van der Waals surface area contributed by atoms with Gasteiger partial charge in [0.25, 0.3) is 11.3 Å². The van der Waals surface area contributed by atoms with Crippen molar-refractivity contribution in [3.8, 4) is 11.5 Å². The molecule has 1 unspecified atom stereocenters. The quantitative estimate of drug-likeness (QED) is 0.755. The normalized spacial score (nSPS) is 11.9. The molecule has 0 spiro atoms. The molecule has 0 saturated carbocycles. The number of carboxylic acids is 1. The van der Waals surface area contributed by atoms with Crippen LogP contribution in [0, 0.1) is 6.92 Å². The third-order valence-corrected chi connectivity index (χ3v) is 2.86. The van der Waals surface area contributed by atoms with Crippen LogP contribution in [0.3, 0.4) is 0 Å². The summed E-state index contributed by atoms with van der Waals surface area (Å²) in [4.78, 5) is 10.5. The van der Waals surface area contributed by atoms with Gasteiger partial charge in [-0.3, -0.25) is 0 Å². The Morgan fingerprint density at radius 2 is 2.16 bits per heavy atom. The summed E-state index contributed by atoms with van der Waals surface area (Å²) in [6, 6.07) is 4.99. The Labute approximate surface area is 114 Å². The lowest BCUT2D eigenvalue weighted by atomic mass is 10.2. The lowest BCUT2D eigenvalue weighted by molar-refractivity contribution is -0.139. The van der Waals surface area contributed by atoms with Gasteiger partial charge in [-0.25, -0.2) is 9.52 Å². The van der Waals surface area contributed by atoms with Crippen molar-refractivity contribution < 1.29 is 23.0 Å². The average molecular weight is 287 g/mol. The van der Waals surface area contributed by atoms with Crippen LogP contribution in [0.2, 0.25) is 0 Å². The van der Waals surface area contributed by atoms with Crippen LogP contribution in [0.15, 0.2) is 18.2 Å². The first-order chi connectivity index (χ1) is 9.02. The molecule has 0 aliphatic rings. The van der Waals surface area contributed by atoms with Crippen molar-refractivity contribution >= 4 is 17.2 Å². The predicted octanol–water partition coefficient (Wildman–Crippen LogP) is 1.42. The van der Waals surface area contributed by atoms with E-state index in [2.05, 4.69) is 4.72 Å². The van der Waals surface area contributed by atoms with Crippen LogP contribution >= 0.6 is 0 Å². The van der Waals surface area contributed by atoms with Gasteiger partial charge >= 0.3 is 5.97 Å². The molecule has 1 atom stereocenters. The molecule has 7 heteroatoms. The Morgan fingerprint density at radius 1 is 1.42 bits per heavy atom. The summed E-state index contributed by atoms with van der Waals surface area (Å²) in [6.07, 6.45) is 0.825. The molecule has 0 aliphatic heterocycles. The van der Waals surface area contributed by atoms with E-state index < -0.39 is 23.8 Å². The van der Waals surface area contributed by atoms with Gasteiger partial charge in [-0.15, -0.1) is 0 Å². The summed E-state index contributed by atoms with van der Waals surface area (Å²) in [6.45, 7) is 3.87. The van der Waals surface area contributed by atoms with E-state index in [0.29, 0.717) is 6.54 Å². The van der Waals surface area contributed by atoms with Gasteiger partial charge in [0.2, 0.25) is 0 Å². The van der Waals surface area contributed by atoms with E-state index in [1.807, 2.05) is 13.8 Å². The van der Waals surface area contributed by atoms with Gasteiger partial charge in [0.1, 0.15) is 0 Å². The van der Waals surface area contributed by atoms with E-state index in [1.165, 1.54) is 0 Å². The fourth-order valence-corrected chi connectivity index (χ4v) is 1.96. The summed E-state index contributed by atoms with van der Waals surface area (Å²) >= 11 is -1.68. The number of ether oxygens (including phenoxy) is 1. The van der Waals surface area contributed by atoms with Crippen LogP contribution in [0.5, 0.6) is 11.5 Å². The van der Waals surface area contributed by atoms with Gasteiger partial charge in [0, 0.05) is 6.54 Å². The number of aliphatic carboxylic acids is 1. The molecule has 0 aromatic heterocycles. The second-order valence-corrected chi connectivity index (χ2v) is 4.77. The summed E-state index contributed by atoms with van der Waals surface area (Å²) < 4.78 is 24.5. The number of carboxylic acid groups (broad SMARTS) is 1. The maximum absolute atomic E-state index is 11.6. The summed E-state index contributed by atoms with van der Waals surface area (Å²) in [5, 5.41) is 8.58. The monoisotopic (exact) mass is 287 g/mol. The van der Waals surface area contributed by atoms with E-state index >= 15 is 0 Å². The van der Waals surface area contributed by atoms with Gasteiger partial charge in [0.05, 0.1) is 0 Å². The van der Waals surface area contributed by atoms with Crippen LogP contribution in [-0.4, -0.2) is 28.4 Å². The van der Waals surface area contributed by atoms with Crippen molar-refractivity contribution in [2.24, 2.45) is 0 Å². The van der Waals surface area contributed by atoms with Crippen LogP contribution in [-0.2, 0) is 16.1 Å². The number of benzene rings is 1. The Morgan fingerprint density at radius 3 is 2.79 bits per heavy atom. The molecule has 0 bridgehead atoms. The van der Waals surface area contributed by atoms with Crippen molar-refractivity contribution in [3.63, 3.8) is 0 Å². The van der Waals surface area contributed by atoms with Crippen LogP contribution < -0.4 is 13.6 Å². The molecule has 0 aliphatic carbocycles. The van der Waals surface area contributed by atoms with Crippen LogP contribution in [0.4, 0.5) is 0 Å². The van der Waals surface area contributed by atoms with E-state index in [0.717, 1.165) is 12.0 Å². The first-order valence-electron chi connectivity index (χ1n) is 5.81. The lowest BCUT2D eigenvalue weighted by Gasteiger charge is -2.11. The Hall–Kier alpha value is -1.60. The minimum absolute atomic E-state index is 0.250. The molecule has 19 heavy (non-hydrogen) atoms. The van der Waals surface area contributed by atoms with E-state index in [-0.39, 0.29) is 11.5 Å². The summed E-state index contributed by atoms with van der Waals surface area (Å²) in [5.74, 6) is -0.584. The zero-order valence-corrected chi connectivity index (χ0v) is 11.7. The second kappa shape index (κ2) is 7.75. The zero-order chi connectivity index (χ0) is 14.3. The highest BCUT2D eigenvalue weighted by molar-refractivity contribution is 7.78. The van der Waals surface area contributed by atoms with Crippen LogP contribution in [0.25, 0.3) is 0 Å². The first kappa shape index (κ1) is 15.5. The van der Waals surface area contributed by atoms with Crippen molar-refractivity contribution in [1.82, 2.24) is 4.72 Å². The first-order valence-corrected chi connectivity index (χ1v) is 6.89. The number of aryl methyl sites for hydroxylation is 1. The SMILES string of the molecule is CCCNS(=O)Oc1cc(C)ccc1OCC(=O)O. The van der Waals surface area contributed by atoms with Crippen LogP contribution in [0.1, 0.15) is 18.9 Å². The fourth-order valence-electron chi connectivity index (χ4n) is 1.24. The molecule has 1 rings (SSSR count). The molecular formula is C12H17NO5S. The zero-order valence-electron chi connectivity index (χ0n) is 10.8. The third kappa shape index (κ3) is 5.71. The van der Waals surface area contributed by atoms with Crippen molar-refractivity contribution in [1.29, 1.82) is 0 Å². The van der Waals surface area contributed by atoms with E-state index in [4.69, 9.17) is 14.0 Å². The molecule has 0 fully saturated rings. The molecule has 2 N–H and O–H groups in total. The smallest absolute Gasteiger partial charge is 0.341 e. The minimum Gasteiger partial charge on any atom is -0.479 e. The predicted molar refractivity (Wildman–Crippen MR) is 71.4 cm³/mol. The summed E-state index contributed by atoms with van der Waals surface area (Å²) in [5.41, 5.74) is 0.894. The number of carbonyl (C=O) groups is 1. The topological polar surface area (TPSA) is 84.9 Å². The molecule has 0 radical (unpaired) electrons. The Kier molecular flexibility index (Phi) is 6.31. The minimum atomic E-state index is -1.68.